The minimum absolute atomic E-state index is 0.0884. The number of anilines is 1. The van der Waals surface area contributed by atoms with Crippen molar-refractivity contribution in [3.8, 4) is 17.3 Å². The number of para-hydroxylation sites is 1. The summed E-state index contributed by atoms with van der Waals surface area (Å²) in [5, 5.41) is 29.7. The van der Waals surface area contributed by atoms with Gasteiger partial charge < -0.3 is 39.7 Å². The summed E-state index contributed by atoms with van der Waals surface area (Å²) >= 11 is 0. The molecule has 2 aromatic carbocycles. The zero-order valence-electron chi connectivity index (χ0n) is 26.0. The largest absolute Gasteiger partial charge is 0.469 e. The van der Waals surface area contributed by atoms with Gasteiger partial charge in [0.25, 0.3) is 0 Å². The van der Waals surface area contributed by atoms with Crippen molar-refractivity contribution >= 4 is 17.5 Å². The molecule has 2 aromatic heterocycles. The second-order valence-corrected chi connectivity index (χ2v) is 13.0. The van der Waals surface area contributed by atoms with Gasteiger partial charge in [0.05, 0.1) is 6.61 Å². The highest BCUT2D eigenvalue weighted by molar-refractivity contribution is 5.90. The van der Waals surface area contributed by atoms with Gasteiger partial charge >= 0.3 is 0 Å². The monoisotopic (exact) mass is 627 g/mol. The molecule has 5 N–H and O–H groups in total. The van der Waals surface area contributed by atoms with Gasteiger partial charge in [-0.3, -0.25) is 9.59 Å². The number of aliphatic hydroxyl groups is 2. The van der Waals surface area contributed by atoms with Gasteiger partial charge in [0.15, 0.2) is 17.7 Å². The van der Waals surface area contributed by atoms with Crippen molar-refractivity contribution in [3.63, 3.8) is 0 Å². The van der Waals surface area contributed by atoms with Gasteiger partial charge in [0.1, 0.15) is 41.3 Å². The Labute approximate surface area is 265 Å². The van der Waals surface area contributed by atoms with Crippen molar-refractivity contribution in [1.29, 1.82) is 0 Å². The molecular weight excluding hydrogens is 590 g/mol. The van der Waals surface area contributed by atoms with E-state index in [2.05, 4.69) is 20.9 Å². The molecule has 3 aliphatic heterocycles. The molecule has 46 heavy (non-hydrogen) atoms. The number of hydrogen-bond donors (Lipinski definition) is 5. The molecule has 0 radical (unpaired) electrons. The molecule has 0 saturated carbocycles. The molecule has 12 nitrogen and oxygen atoms in total. The Kier molecular flexibility index (Phi) is 7.36. The molecule has 0 saturated heterocycles. The molecule has 4 aromatic rings. The van der Waals surface area contributed by atoms with E-state index in [1.165, 1.54) is 6.26 Å². The lowest BCUT2D eigenvalue weighted by Crippen LogP contribution is -2.52. The highest BCUT2D eigenvalue weighted by atomic mass is 16.5. The molecule has 5 atom stereocenters. The number of hydrogen-bond acceptors (Lipinski definition) is 10. The Morgan fingerprint density at radius 3 is 2.65 bits per heavy atom. The summed E-state index contributed by atoms with van der Waals surface area (Å²) in [6.45, 7) is 7.38. The van der Waals surface area contributed by atoms with Crippen LogP contribution in [-0.2, 0) is 28.0 Å². The molecule has 4 unspecified atom stereocenters. The number of oxazole rings is 2. The fourth-order valence-electron chi connectivity index (χ4n) is 6.76. The lowest BCUT2D eigenvalue weighted by Gasteiger charge is -2.29. The molecule has 7 rings (SSSR count). The molecule has 0 aliphatic carbocycles. The van der Waals surface area contributed by atoms with Crippen LogP contribution in [0.15, 0.2) is 57.6 Å². The predicted molar refractivity (Wildman–Crippen MR) is 166 cm³/mol. The number of aliphatic hydroxyl groups excluding tert-OH is 2. The summed E-state index contributed by atoms with van der Waals surface area (Å²) in [4.78, 5) is 36.5. The maximum atomic E-state index is 14.0. The van der Waals surface area contributed by atoms with Gasteiger partial charge in [-0.25, -0.2) is 9.97 Å². The molecule has 12 heteroatoms. The second-order valence-electron chi connectivity index (χ2n) is 13.0. The fourth-order valence-corrected chi connectivity index (χ4v) is 6.76. The average molecular weight is 628 g/mol. The van der Waals surface area contributed by atoms with Gasteiger partial charge in [0, 0.05) is 17.7 Å². The lowest BCUT2D eigenvalue weighted by molar-refractivity contribution is -0.135. The number of nitrogens with one attached hydrogen (secondary N) is 3. The standard InChI is InChI=1S/C34H37N5O7/c1-16(2)11-24(41)30(43)36-23-13-18-9-10-25-21(12-18)34(20-7-5-6-8-22(20)37-33(34)45-25)28-27(31-35-19(14-40)15-44-31)39-32(46-28)26(17(3)4)38-29(23)42/h5-10,12,15-17,23-24,26,33,37,40-41H,11,13-14H2,1-4H3,(H,36,43)(H,38,42)/t23?,24-,26?,33?,34?/m0/s1. The minimum atomic E-state index is -1.25. The van der Waals surface area contributed by atoms with Gasteiger partial charge in [0.2, 0.25) is 23.6 Å². The van der Waals surface area contributed by atoms with Crippen LogP contribution < -0.4 is 20.7 Å². The zero-order chi connectivity index (χ0) is 32.3. The van der Waals surface area contributed by atoms with Crippen molar-refractivity contribution < 1.29 is 33.4 Å². The van der Waals surface area contributed by atoms with Crippen LogP contribution >= 0.6 is 0 Å². The van der Waals surface area contributed by atoms with Crippen LogP contribution in [-0.4, -0.2) is 50.4 Å². The number of carbonyl (C=O) groups excluding carboxylic acids is 2. The topological polar surface area (TPSA) is 172 Å². The molecule has 2 amide bonds. The first kappa shape index (κ1) is 30.0. The van der Waals surface area contributed by atoms with E-state index in [1.54, 1.807) is 0 Å². The van der Waals surface area contributed by atoms with Crippen LogP contribution in [0.3, 0.4) is 0 Å². The maximum absolute atomic E-state index is 14.0. The van der Waals surface area contributed by atoms with Crippen molar-refractivity contribution in [2.45, 2.75) is 77.0 Å². The smallest absolute Gasteiger partial charge is 0.249 e. The number of fused-ring (bicyclic) bond motifs is 4. The Bertz CT molecular complexity index is 1810. The number of carbonyl (C=O) groups is 2. The highest BCUT2D eigenvalue weighted by Gasteiger charge is 2.61. The number of benzene rings is 2. The van der Waals surface area contributed by atoms with E-state index in [0.717, 1.165) is 22.4 Å². The van der Waals surface area contributed by atoms with Gasteiger partial charge in [-0.2, -0.15) is 0 Å². The zero-order valence-corrected chi connectivity index (χ0v) is 26.0. The van der Waals surface area contributed by atoms with E-state index in [4.69, 9.17) is 18.6 Å². The van der Waals surface area contributed by atoms with Crippen LogP contribution in [0.5, 0.6) is 5.75 Å². The van der Waals surface area contributed by atoms with Crippen LogP contribution in [0.1, 0.15) is 74.2 Å². The first-order valence-corrected chi connectivity index (χ1v) is 15.6. The van der Waals surface area contributed by atoms with Gasteiger partial charge in [-0.05, 0) is 41.5 Å². The predicted octanol–water partition coefficient (Wildman–Crippen LogP) is 3.56. The van der Waals surface area contributed by atoms with E-state index in [9.17, 15) is 19.8 Å². The SMILES string of the molecule is CC(C)C[C@H](O)C(=O)NC1Cc2ccc3c(c2)C2(c4ccccc4NC2O3)c2oc(nc2-c2nc(CO)co2)C(C(C)C)NC1=O. The van der Waals surface area contributed by atoms with E-state index in [1.807, 2.05) is 70.2 Å². The second kappa shape index (κ2) is 11.3. The van der Waals surface area contributed by atoms with Crippen molar-refractivity contribution in [2.75, 3.05) is 5.32 Å². The first-order chi connectivity index (χ1) is 22.1. The van der Waals surface area contributed by atoms with Crippen LogP contribution in [0, 0.1) is 11.8 Å². The Morgan fingerprint density at radius 1 is 1.11 bits per heavy atom. The Hall–Kier alpha value is -4.68. The summed E-state index contributed by atoms with van der Waals surface area (Å²) in [5.41, 5.74) is 2.94. The van der Waals surface area contributed by atoms with E-state index in [-0.39, 0.29) is 43.1 Å². The number of aromatic nitrogens is 2. The normalized spacial score (nSPS) is 23.5. The van der Waals surface area contributed by atoms with Gasteiger partial charge in [-0.1, -0.05) is 58.0 Å². The molecule has 4 bridgehead atoms. The van der Waals surface area contributed by atoms with Crippen molar-refractivity contribution in [3.05, 3.63) is 82.8 Å². The summed E-state index contributed by atoms with van der Waals surface area (Å²) in [5.74, 6) is 0.289. The summed E-state index contributed by atoms with van der Waals surface area (Å²) in [7, 11) is 0. The maximum Gasteiger partial charge on any atom is 0.249 e. The third kappa shape index (κ3) is 4.74. The molecular formula is C34H37N5O7. The Morgan fingerprint density at radius 2 is 1.91 bits per heavy atom. The summed E-state index contributed by atoms with van der Waals surface area (Å²) < 4.78 is 19.2. The summed E-state index contributed by atoms with van der Waals surface area (Å²) in [6.07, 6.45) is -0.0631. The van der Waals surface area contributed by atoms with Crippen molar-refractivity contribution in [1.82, 2.24) is 20.6 Å². The minimum Gasteiger partial charge on any atom is -0.469 e. The first-order valence-electron chi connectivity index (χ1n) is 15.6. The quantitative estimate of drug-likeness (QED) is 0.204. The molecule has 3 aliphatic rings. The average Bonchev–Trinajstić information content (AvgIpc) is 3.79. The number of nitrogens with zero attached hydrogens (tertiary/aromatic N) is 2. The van der Waals surface area contributed by atoms with E-state index in [0.29, 0.717) is 22.9 Å². The number of amides is 2. The van der Waals surface area contributed by atoms with Crippen LogP contribution in [0.4, 0.5) is 5.69 Å². The third-order valence-electron chi connectivity index (χ3n) is 8.96. The lowest BCUT2D eigenvalue weighted by atomic mass is 9.72. The molecule has 1 spiro atoms. The molecule has 240 valence electrons. The third-order valence-corrected chi connectivity index (χ3v) is 8.96. The van der Waals surface area contributed by atoms with Gasteiger partial charge in [-0.15, -0.1) is 0 Å². The van der Waals surface area contributed by atoms with Crippen LogP contribution in [0.2, 0.25) is 0 Å². The van der Waals surface area contributed by atoms with E-state index >= 15 is 0 Å². The number of rotatable bonds is 7. The Balaban J connectivity index is 1.45. The molecule has 5 heterocycles. The van der Waals surface area contributed by atoms with Crippen molar-refractivity contribution in [2.24, 2.45) is 11.8 Å². The molecule has 0 fully saturated rings. The summed E-state index contributed by atoms with van der Waals surface area (Å²) in [6, 6.07) is 11.9. The number of ether oxygens (including phenoxy) is 1. The van der Waals surface area contributed by atoms with Crippen LogP contribution in [0.25, 0.3) is 11.6 Å². The highest BCUT2D eigenvalue weighted by Crippen LogP contribution is 2.59. The van der Waals surface area contributed by atoms with E-state index < -0.39 is 41.6 Å². The fraction of sp³-hybridized carbons (Fsp3) is 0.412.